The number of hydrogen-bond acceptors (Lipinski definition) is 6. The van der Waals surface area contributed by atoms with Gasteiger partial charge in [0.2, 0.25) is 0 Å². The van der Waals surface area contributed by atoms with Crippen molar-refractivity contribution in [1.29, 1.82) is 0 Å². The average Bonchev–Trinajstić information content (AvgIpc) is 2.74. The molecule has 0 amide bonds. The molecule has 1 aromatic carbocycles. The zero-order valence-corrected chi connectivity index (χ0v) is 11.3. The quantitative estimate of drug-likeness (QED) is 0.654. The van der Waals surface area contributed by atoms with Crippen LogP contribution in [0.25, 0.3) is 0 Å². The number of carbonyl (C=O) groups is 2. The number of rotatable bonds is 4. The Balaban J connectivity index is 2.45. The maximum Gasteiger partial charge on any atom is 0.365 e. The number of aliphatic hydroxyl groups excluding tert-OH is 1. The van der Waals surface area contributed by atoms with E-state index in [0.29, 0.717) is 5.56 Å². The Bertz CT molecular complexity index is 506. The smallest absolute Gasteiger partial charge is 0.365 e. The molecule has 1 aliphatic heterocycles. The Kier molecular flexibility index (Phi) is 3.94. The molecule has 1 atom stereocenters. The Morgan fingerprint density at radius 1 is 1.20 bits per heavy atom. The van der Waals surface area contributed by atoms with Crippen LogP contribution < -0.4 is 4.74 Å². The largest absolute Gasteiger partial charge is 0.462 e. The summed E-state index contributed by atoms with van der Waals surface area (Å²) < 4.78 is 15.2. The van der Waals surface area contributed by atoms with Crippen LogP contribution in [0.4, 0.5) is 0 Å². The van der Waals surface area contributed by atoms with E-state index >= 15 is 0 Å². The van der Waals surface area contributed by atoms with E-state index in [1.54, 1.807) is 38.1 Å². The van der Waals surface area contributed by atoms with Crippen molar-refractivity contribution in [3.05, 3.63) is 29.8 Å². The molecule has 1 N–H and O–H groups in total. The summed E-state index contributed by atoms with van der Waals surface area (Å²) >= 11 is 0. The molecule has 0 radical (unpaired) electrons. The van der Waals surface area contributed by atoms with Crippen molar-refractivity contribution in [2.75, 3.05) is 13.2 Å². The van der Waals surface area contributed by atoms with Gasteiger partial charge in [-0.3, -0.25) is 0 Å². The summed E-state index contributed by atoms with van der Waals surface area (Å²) in [6.45, 7) is 3.33. The molecule has 1 heterocycles. The summed E-state index contributed by atoms with van der Waals surface area (Å²) in [6, 6.07) is 6.51. The second-order valence-electron chi connectivity index (χ2n) is 4.22. The van der Waals surface area contributed by atoms with Crippen LogP contribution in [0, 0.1) is 0 Å². The first-order chi connectivity index (χ1) is 9.57. The number of ether oxygens (including phenoxy) is 3. The van der Waals surface area contributed by atoms with Gasteiger partial charge in [0.05, 0.1) is 13.2 Å². The number of para-hydroxylation sites is 1. The lowest BCUT2D eigenvalue weighted by molar-refractivity contribution is -0.187. The van der Waals surface area contributed by atoms with Crippen molar-refractivity contribution in [2.45, 2.75) is 25.6 Å². The highest BCUT2D eigenvalue weighted by Crippen LogP contribution is 2.44. The van der Waals surface area contributed by atoms with E-state index in [0.717, 1.165) is 0 Å². The van der Waals surface area contributed by atoms with Crippen LogP contribution in [0.15, 0.2) is 24.3 Å². The minimum atomic E-state index is -2.18. The first-order valence-corrected chi connectivity index (χ1v) is 6.38. The van der Waals surface area contributed by atoms with Crippen LogP contribution in [0.1, 0.15) is 25.5 Å². The van der Waals surface area contributed by atoms with Gasteiger partial charge in [-0.25, -0.2) is 9.59 Å². The molecule has 6 nitrogen and oxygen atoms in total. The van der Waals surface area contributed by atoms with E-state index in [4.69, 9.17) is 14.2 Å². The highest BCUT2D eigenvalue weighted by Gasteiger charge is 2.62. The number of fused-ring (bicyclic) bond motifs is 1. The summed E-state index contributed by atoms with van der Waals surface area (Å²) in [4.78, 5) is 24.3. The average molecular weight is 280 g/mol. The minimum absolute atomic E-state index is 0.0619. The molecular weight excluding hydrogens is 264 g/mol. The van der Waals surface area contributed by atoms with E-state index in [1.165, 1.54) is 0 Å². The molecule has 20 heavy (non-hydrogen) atoms. The third-order valence-corrected chi connectivity index (χ3v) is 3.03. The molecule has 0 unspecified atom stereocenters. The van der Waals surface area contributed by atoms with E-state index in [-0.39, 0.29) is 19.0 Å². The van der Waals surface area contributed by atoms with Gasteiger partial charge in [-0.05, 0) is 19.9 Å². The fraction of sp³-hybridized carbons (Fsp3) is 0.429. The van der Waals surface area contributed by atoms with E-state index in [2.05, 4.69) is 0 Å². The minimum Gasteiger partial charge on any atom is -0.462 e. The Morgan fingerprint density at radius 3 is 2.25 bits per heavy atom. The van der Waals surface area contributed by atoms with Crippen molar-refractivity contribution in [3.8, 4) is 5.75 Å². The van der Waals surface area contributed by atoms with Crippen molar-refractivity contribution in [3.63, 3.8) is 0 Å². The highest BCUT2D eigenvalue weighted by molar-refractivity contribution is 6.06. The van der Waals surface area contributed by atoms with Crippen LogP contribution in [0.2, 0.25) is 0 Å². The van der Waals surface area contributed by atoms with E-state index < -0.39 is 23.6 Å². The van der Waals surface area contributed by atoms with Gasteiger partial charge in [0.25, 0.3) is 0 Å². The molecule has 0 fully saturated rings. The van der Waals surface area contributed by atoms with Crippen LogP contribution in [0.3, 0.4) is 0 Å². The summed E-state index contributed by atoms with van der Waals surface area (Å²) in [7, 11) is 0. The van der Waals surface area contributed by atoms with Gasteiger partial charge in [0.15, 0.2) is 0 Å². The Morgan fingerprint density at radius 2 is 1.75 bits per heavy atom. The fourth-order valence-corrected chi connectivity index (χ4v) is 2.11. The lowest BCUT2D eigenvalue weighted by Gasteiger charge is -2.26. The van der Waals surface area contributed by atoms with Gasteiger partial charge < -0.3 is 19.3 Å². The van der Waals surface area contributed by atoms with Crippen LogP contribution in [0.5, 0.6) is 5.75 Å². The van der Waals surface area contributed by atoms with Gasteiger partial charge >= 0.3 is 17.5 Å². The molecule has 108 valence electrons. The van der Waals surface area contributed by atoms with Gasteiger partial charge in [0.1, 0.15) is 11.9 Å². The molecule has 2 rings (SSSR count). The number of hydrogen-bond donors (Lipinski definition) is 1. The molecule has 0 saturated heterocycles. The molecule has 0 saturated carbocycles. The number of carbonyl (C=O) groups excluding carboxylic acids is 2. The summed E-state index contributed by atoms with van der Waals surface area (Å²) in [5.74, 6) is -1.65. The van der Waals surface area contributed by atoms with Gasteiger partial charge in [-0.1, -0.05) is 18.2 Å². The van der Waals surface area contributed by atoms with Crippen molar-refractivity contribution in [1.82, 2.24) is 0 Å². The molecule has 0 spiro atoms. The number of benzene rings is 1. The summed E-state index contributed by atoms with van der Waals surface area (Å²) in [5, 5.41) is 10.4. The van der Waals surface area contributed by atoms with Gasteiger partial charge in [-0.2, -0.15) is 0 Å². The monoisotopic (exact) mass is 280 g/mol. The van der Waals surface area contributed by atoms with Crippen LogP contribution in [-0.2, 0) is 19.1 Å². The highest BCUT2D eigenvalue weighted by atomic mass is 16.6. The molecular formula is C14H16O6. The molecule has 0 bridgehead atoms. The predicted molar refractivity (Wildman–Crippen MR) is 68.0 cm³/mol. The Hall–Kier alpha value is -2.08. The topological polar surface area (TPSA) is 82.1 Å². The van der Waals surface area contributed by atoms with Crippen molar-refractivity contribution < 1.29 is 28.9 Å². The van der Waals surface area contributed by atoms with Crippen molar-refractivity contribution in [2.24, 2.45) is 0 Å². The number of aliphatic hydroxyl groups is 1. The maximum absolute atomic E-state index is 12.2. The van der Waals surface area contributed by atoms with Gasteiger partial charge in [-0.15, -0.1) is 0 Å². The predicted octanol–water partition coefficient (Wildman–Crippen LogP) is 0.977. The normalized spacial score (nSPS) is 18.9. The third kappa shape index (κ3) is 2.02. The lowest BCUT2D eigenvalue weighted by atomic mass is 9.93. The van der Waals surface area contributed by atoms with Crippen molar-refractivity contribution >= 4 is 11.9 Å². The number of esters is 2. The zero-order chi connectivity index (χ0) is 14.8. The molecule has 1 aliphatic rings. The second kappa shape index (κ2) is 5.50. The lowest BCUT2D eigenvalue weighted by Crippen LogP contribution is -2.55. The molecule has 1 aromatic rings. The standard InChI is InChI=1S/C14H16O6/c1-3-18-12(16)14(13(17)19-4-2)11(15)9-7-5-6-8-10(9)20-14/h5-8,11,15H,3-4H2,1-2H3/t11-/m0/s1. The molecule has 6 heteroatoms. The van der Waals surface area contributed by atoms with E-state index in [9.17, 15) is 14.7 Å². The SMILES string of the molecule is CCOC(=O)C1(C(=O)OCC)Oc2ccccc2[C@@H]1O. The first kappa shape index (κ1) is 14.3. The van der Waals surface area contributed by atoms with Gasteiger partial charge in [0, 0.05) is 5.56 Å². The van der Waals surface area contributed by atoms with Crippen LogP contribution >= 0.6 is 0 Å². The zero-order valence-electron chi connectivity index (χ0n) is 11.3. The summed E-state index contributed by atoms with van der Waals surface area (Å²) in [6.07, 6.45) is -1.46. The fourth-order valence-electron chi connectivity index (χ4n) is 2.11. The second-order valence-corrected chi connectivity index (χ2v) is 4.22. The Labute approximate surface area is 116 Å². The first-order valence-electron chi connectivity index (χ1n) is 6.38. The van der Waals surface area contributed by atoms with Crippen LogP contribution in [-0.4, -0.2) is 35.9 Å². The maximum atomic E-state index is 12.2. The molecule has 0 aliphatic carbocycles. The molecule has 0 aromatic heterocycles. The summed E-state index contributed by atoms with van der Waals surface area (Å²) in [5.41, 5.74) is -1.83. The third-order valence-electron chi connectivity index (χ3n) is 3.03. The van der Waals surface area contributed by atoms with E-state index in [1.807, 2.05) is 0 Å².